The normalized spacial score (nSPS) is 21.1. The Morgan fingerprint density at radius 3 is 2.73 bits per heavy atom. The standard InChI is InChI=1S/C19H19Cl2N3O5S/c20-13-5-4-12(9-14(13)21)30(27,28)24-6-7-29-19-16(24)8-11(10-22-19)18(26)23-15-2-1-3-17(15)25/h4-5,8-10,15,17,25H,1-3,6-7H2,(H,23,26)/t15-,17?/m1/s1. The van der Waals surface area contributed by atoms with E-state index in [1.807, 2.05) is 0 Å². The zero-order valence-electron chi connectivity index (χ0n) is 15.7. The van der Waals surface area contributed by atoms with Crippen molar-refractivity contribution in [1.82, 2.24) is 10.3 Å². The van der Waals surface area contributed by atoms with Crippen LogP contribution >= 0.6 is 23.2 Å². The fourth-order valence-electron chi connectivity index (χ4n) is 3.58. The van der Waals surface area contributed by atoms with Crippen molar-refractivity contribution in [2.24, 2.45) is 0 Å². The Balaban J connectivity index is 1.66. The molecule has 0 saturated heterocycles. The molecule has 2 aliphatic rings. The molecule has 1 aromatic heterocycles. The molecule has 1 aromatic carbocycles. The number of hydrogen-bond acceptors (Lipinski definition) is 6. The maximum Gasteiger partial charge on any atom is 0.264 e. The van der Waals surface area contributed by atoms with Crippen LogP contribution in [0.3, 0.4) is 0 Å². The number of carbonyl (C=O) groups excluding carboxylic acids is 1. The Hall–Kier alpha value is -2.07. The molecular formula is C19H19Cl2N3O5S. The van der Waals surface area contributed by atoms with Gasteiger partial charge in [-0.1, -0.05) is 23.2 Å². The lowest BCUT2D eigenvalue weighted by Crippen LogP contribution is -2.41. The van der Waals surface area contributed by atoms with E-state index in [1.54, 1.807) is 0 Å². The van der Waals surface area contributed by atoms with E-state index in [0.717, 1.165) is 10.7 Å². The molecule has 30 heavy (non-hydrogen) atoms. The third-order valence-corrected chi connectivity index (χ3v) is 7.72. The van der Waals surface area contributed by atoms with Crippen LogP contribution in [0.15, 0.2) is 35.4 Å². The van der Waals surface area contributed by atoms with E-state index in [9.17, 15) is 18.3 Å². The van der Waals surface area contributed by atoms with Crippen molar-refractivity contribution in [2.75, 3.05) is 17.5 Å². The number of carbonyl (C=O) groups is 1. The molecule has 4 rings (SSSR count). The van der Waals surface area contributed by atoms with Gasteiger partial charge in [0.25, 0.3) is 15.9 Å². The highest BCUT2D eigenvalue weighted by Crippen LogP contribution is 2.35. The number of aromatic nitrogens is 1. The minimum atomic E-state index is -3.99. The number of hydrogen-bond donors (Lipinski definition) is 2. The van der Waals surface area contributed by atoms with Gasteiger partial charge in [0, 0.05) is 6.20 Å². The molecule has 0 bridgehead atoms. The summed E-state index contributed by atoms with van der Waals surface area (Å²) in [5.74, 6) is -0.323. The van der Waals surface area contributed by atoms with Crippen molar-refractivity contribution >= 4 is 44.8 Å². The second kappa shape index (κ2) is 8.22. The lowest BCUT2D eigenvalue weighted by Gasteiger charge is -2.30. The topological polar surface area (TPSA) is 109 Å². The van der Waals surface area contributed by atoms with Crippen LogP contribution in [-0.4, -0.2) is 49.7 Å². The van der Waals surface area contributed by atoms with Crippen molar-refractivity contribution in [3.63, 3.8) is 0 Å². The number of aliphatic hydroxyl groups is 1. The molecule has 2 aromatic rings. The zero-order valence-corrected chi connectivity index (χ0v) is 18.0. The van der Waals surface area contributed by atoms with Gasteiger partial charge in [-0.3, -0.25) is 9.10 Å². The van der Waals surface area contributed by atoms with Gasteiger partial charge >= 0.3 is 0 Å². The number of pyridine rings is 1. The summed E-state index contributed by atoms with van der Waals surface area (Å²) >= 11 is 11.9. The summed E-state index contributed by atoms with van der Waals surface area (Å²) in [7, 11) is -3.99. The number of halogens is 2. The lowest BCUT2D eigenvalue weighted by molar-refractivity contribution is 0.0872. The summed E-state index contributed by atoms with van der Waals surface area (Å²) in [4.78, 5) is 16.7. The Bertz CT molecular complexity index is 1100. The molecule has 2 heterocycles. The Morgan fingerprint density at radius 2 is 2.03 bits per heavy atom. The monoisotopic (exact) mass is 471 g/mol. The van der Waals surface area contributed by atoms with Gasteiger partial charge in [-0.15, -0.1) is 0 Å². The molecule has 1 unspecified atom stereocenters. The van der Waals surface area contributed by atoms with Crippen LogP contribution in [0.1, 0.15) is 29.6 Å². The smallest absolute Gasteiger partial charge is 0.264 e. The molecule has 8 nitrogen and oxygen atoms in total. The van der Waals surface area contributed by atoms with Gasteiger partial charge in [-0.25, -0.2) is 13.4 Å². The van der Waals surface area contributed by atoms with E-state index >= 15 is 0 Å². The van der Waals surface area contributed by atoms with E-state index in [0.29, 0.717) is 12.8 Å². The summed E-state index contributed by atoms with van der Waals surface area (Å²) < 4.78 is 33.1. The molecular weight excluding hydrogens is 453 g/mol. The van der Waals surface area contributed by atoms with Crippen LogP contribution in [0.5, 0.6) is 5.88 Å². The molecule has 1 saturated carbocycles. The fraction of sp³-hybridized carbons (Fsp3) is 0.368. The lowest BCUT2D eigenvalue weighted by atomic mass is 10.2. The SMILES string of the molecule is O=C(N[C@@H]1CCCC1O)c1cnc2c(c1)N(S(=O)(=O)c1ccc(Cl)c(Cl)c1)CCO2. The molecule has 160 valence electrons. The average molecular weight is 472 g/mol. The predicted molar refractivity (Wildman–Crippen MR) is 112 cm³/mol. The summed E-state index contributed by atoms with van der Waals surface area (Å²) in [6, 6.07) is 5.14. The second-order valence-corrected chi connectivity index (χ2v) is 9.80. The Morgan fingerprint density at radius 1 is 1.23 bits per heavy atom. The van der Waals surface area contributed by atoms with Crippen LogP contribution in [0.2, 0.25) is 10.0 Å². The number of amides is 1. The highest BCUT2D eigenvalue weighted by atomic mass is 35.5. The molecule has 2 N–H and O–H groups in total. The highest BCUT2D eigenvalue weighted by molar-refractivity contribution is 7.92. The number of ether oxygens (including phenoxy) is 1. The number of sulfonamides is 1. The number of fused-ring (bicyclic) bond motifs is 1. The molecule has 0 radical (unpaired) electrons. The van der Waals surface area contributed by atoms with Crippen LogP contribution in [0.25, 0.3) is 0 Å². The number of rotatable bonds is 4. The van der Waals surface area contributed by atoms with E-state index in [4.69, 9.17) is 27.9 Å². The van der Waals surface area contributed by atoms with Gasteiger partial charge in [0.1, 0.15) is 12.3 Å². The molecule has 11 heteroatoms. The first-order valence-electron chi connectivity index (χ1n) is 9.37. The van der Waals surface area contributed by atoms with Gasteiger partial charge in [-0.05, 0) is 43.5 Å². The van der Waals surface area contributed by atoms with Crippen LogP contribution in [-0.2, 0) is 10.0 Å². The van der Waals surface area contributed by atoms with Crippen molar-refractivity contribution in [3.8, 4) is 5.88 Å². The Kier molecular flexibility index (Phi) is 5.80. The molecule has 1 aliphatic carbocycles. The van der Waals surface area contributed by atoms with Gasteiger partial charge in [-0.2, -0.15) is 0 Å². The van der Waals surface area contributed by atoms with Crippen molar-refractivity contribution < 1.29 is 23.1 Å². The van der Waals surface area contributed by atoms with E-state index in [1.165, 1.54) is 30.5 Å². The first-order valence-corrected chi connectivity index (χ1v) is 11.6. The Labute approximate surface area is 183 Å². The molecule has 0 spiro atoms. The number of nitrogens with zero attached hydrogens (tertiary/aromatic N) is 2. The third-order valence-electron chi connectivity index (χ3n) is 5.17. The second-order valence-electron chi connectivity index (χ2n) is 7.13. The molecule has 1 amide bonds. The highest BCUT2D eigenvalue weighted by Gasteiger charge is 2.33. The molecule has 1 aliphatic heterocycles. The average Bonchev–Trinajstić information content (AvgIpc) is 3.13. The van der Waals surface area contributed by atoms with Crippen LogP contribution in [0, 0.1) is 0 Å². The van der Waals surface area contributed by atoms with Gasteiger partial charge in [0.2, 0.25) is 5.88 Å². The van der Waals surface area contributed by atoms with Gasteiger partial charge in [0.05, 0.1) is 39.2 Å². The van der Waals surface area contributed by atoms with E-state index in [2.05, 4.69) is 10.3 Å². The van der Waals surface area contributed by atoms with Crippen molar-refractivity contribution in [2.45, 2.75) is 36.3 Å². The molecule has 2 atom stereocenters. The maximum atomic E-state index is 13.2. The van der Waals surface area contributed by atoms with E-state index < -0.39 is 22.0 Å². The molecule has 1 fully saturated rings. The zero-order chi connectivity index (χ0) is 21.5. The number of anilines is 1. The van der Waals surface area contributed by atoms with Gasteiger partial charge in [0.15, 0.2) is 0 Å². The number of benzene rings is 1. The number of nitrogens with one attached hydrogen (secondary N) is 1. The van der Waals surface area contributed by atoms with Crippen molar-refractivity contribution in [3.05, 3.63) is 46.1 Å². The predicted octanol–water partition coefficient (Wildman–Crippen LogP) is 2.62. The number of aliphatic hydroxyl groups excluding tert-OH is 1. The van der Waals surface area contributed by atoms with Crippen LogP contribution in [0.4, 0.5) is 5.69 Å². The summed E-state index contributed by atoms with van der Waals surface area (Å²) in [6.07, 6.45) is 2.89. The van der Waals surface area contributed by atoms with E-state index in [-0.39, 0.29) is 51.3 Å². The van der Waals surface area contributed by atoms with Crippen LogP contribution < -0.4 is 14.4 Å². The first kappa shape index (κ1) is 21.2. The fourth-order valence-corrected chi connectivity index (χ4v) is 5.40. The first-order chi connectivity index (χ1) is 14.3. The quantitative estimate of drug-likeness (QED) is 0.709. The minimum Gasteiger partial charge on any atom is -0.474 e. The minimum absolute atomic E-state index is 0.0336. The summed E-state index contributed by atoms with van der Waals surface area (Å²) in [6.45, 7) is 0.157. The van der Waals surface area contributed by atoms with Gasteiger partial charge < -0.3 is 15.2 Å². The third kappa shape index (κ3) is 3.94. The largest absolute Gasteiger partial charge is 0.474 e. The van der Waals surface area contributed by atoms with Crippen molar-refractivity contribution in [1.29, 1.82) is 0 Å². The maximum absolute atomic E-state index is 13.2. The summed E-state index contributed by atoms with van der Waals surface area (Å²) in [5, 5.41) is 13.1. The summed E-state index contributed by atoms with van der Waals surface area (Å²) in [5.41, 5.74) is 0.333.